The first-order chi connectivity index (χ1) is 13.4. The molecule has 2 aromatic rings. The van der Waals surface area contributed by atoms with Gasteiger partial charge in [0, 0.05) is 17.6 Å². The summed E-state index contributed by atoms with van der Waals surface area (Å²) in [6.07, 6.45) is -0.776. The number of morpholine rings is 1. The van der Waals surface area contributed by atoms with Gasteiger partial charge in [-0.1, -0.05) is 54.1 Å². The van der Waals surface area contributed by atoms with Crippen LogP contribution in [0.3, 0.4) is 0 Å². The molecule has 1 aliphatic rings. The van der Waals surface area contributed by atoms with Gasteiger partial charge in [-0.15, -0.1) is 0 Å². The summed E-state index contributed by atoms with van der Waals surface area (Å²) in [5.74, 6) is -0.357. The third-order valence-electron chi connectivity index (χ3n) is 5.05. The second-order valence-electron chi connectivity index (χ2n) is 7.22. The first-order valence-electron chi connectivity index (χ1n) is 9.39. The molecule has 0 aromatic heterocycles. The van der Waals surface area contributed by atoms with Gasteiger partial charge in [0.15, 0.2) is 6.10 Å². The van der Waals surface area contributed by atoms with Crippen LogP contribution in [0.2, 0.25) is 5.02 Å². The number of hydrogen-bond acceptors (Lipinski definition) is 3. The summed E-state index contributed by atoms with van der Waals surface area (Å²) in [6.45, 7) is 6.07. The fourth-order valence-electron chi connectivity index (χ4n) is 3.57. The molecule has 0 saturated carbocycles. The lowest BCUT2D eigenvalue weighted by molar-refractivity contribution is -0.167. The lowest BCUT2D eigenvalue weighted by Gasteiger charge is -2.42. The van der Waals surface area contributed by atoms with E-state index in [1.165, 1.54) is 0 Å². The minimum absolute atomic E-state index is 0.0490. The van der Waals surface area contributed by atoms with Crippen molar-refractivity contribution in [3.8, 4) is 0 Å². The van der Waals surface area contributed by atoms with Crippen molar-refractivity contribution in [1.82, 2.24) is 10.2 Å². The number of benzene rings is 2. The van der Waals surface area contributed by atoms with Crippen molar-refractivity contribution in [3.05, 3.63) is 70.2 Å². The Hall–Kier alpha value is -2.37. The number of nitrogens with zero attached hydrogens (tertiary/aromatic N) is 1. The highest BCUT2D eigenvalue weighted by Crippen LogP contribution is 2.32. The van der Waals surface area contributed by atoms with Crippen molar-refractivity contribution in [2.75, 3.05) is 6.61 Å². The summed E-state index contributed by atoms with van der Waals surface area (Å²) in [4.78, 5) is 27.3. The van der Waals surface area contributed by atoms with Gasteiger partial charge in [-0.2, -0.15) is 0 Å². The Kier molecular flexibility index (Phi) is 6.37. The number of carbonyl (C=O) groups excluding carboxylic acids is 2. The van der Waals surface area contributed by atoms with Gasteiger partial charge in [0.1, 0.15) is 6.61 Å². The summed E-state index contributed by atoms with van der Waals surface area (Å²) in [5, 5.41) is 3.62. The van der Waals surface area contributed by atoms with Crippen LogP contribution in [0.1, 0.15) is 36.6 Å². The highest BCUT2D eigenvalue weighted by molar-refractivity contribution is 6.31. The van der Waals surface area contributed by atoms with Crippen LogP contribution >= 0.6 is 11.6 Å². The van der Waals surface area contributed by atoms with Crippen molar-refractivity contribution < 1.29 is 14.3 Å². The van der Waals surface area contributed by atoms with E-state index in [1.807, 2.05) is 69.3 Å². The zero-order valence-corrected chi connectivity index (χ0v) is 17.1. The number of halogens is 1. The summed E-state index contributed by atoms with van der Waals surface area (Å²) in [5.41, 5.74) is 2.76. The molecule has 1 fully saturated rings. The highest BCUT2D eigenvalue weighted by atomic mass is 35.5. The molecule has 2 atom stereocenters. The lowest BCUT2D eigenvalue weighted by atomic mass is 9.95. The molecule has 0 bridgehead atoms. The van der Waals surface area contributed by atoms with E-state index in [2.05, 4.69) is 5.32 Å². The number of amides is 2. The molecule has 1 aliphatic heterocycles. The van der Waals surface area contributed by atoms with Gasteiger partial charge in [0.05, 0.1) is 6.04 Å². The summed E-state index contributed by atoms with van der Waals surface area (Å²) in [7, 11) is 0. The van der Waals surface area contributed by atoms with Crippen LogP contribution in [0.5, 0.6) is 0 Å². The van der Waals surface area contributed by atoms with E-state index < -0.39 is 12.1 Å². The molecule has 6 heteroatoms. The van der Waals surface area contributed by atoms with Crippen LogP contribution in [-0.2, 0) is 20.9 Å². The Labute approximate surface area is 170 Å². The molecule has 1 saturated heterocycles. The third-order valence-corrected chi connectivity index (χ3v) is 5.46. The number of hydrogen-bond donors (Lipinski definition) is 1. The van der Waals surface area contributed by atoms with Crippen molar-refractivity contribution in [1.29, 1.82) is 0 Å². The quantitative estimate of drug-likeness (QED) is 0.833. The van der Waals surface area contributed by atoms with Crippen molar-refractivity contribution in [3.63, 3.8) is 0 Å². The molecule has 1 N–H and O–H groups in total. The predicted octanol–water partition coefficient (Wildman–Crippen LogP) is 3.64. The van der Waals surface area contributed by atoms with Crippen molar-refractivity contribution in [2.24, 2.45) is 0 Å². The fraction of sp³-hybridized carbons (Fsp3) is 0.364. The van der Waals surface area contributed by atoms with E-state index in [0.717, 1.165) is 16.7 Å². The normalized spacial score (nSPS) is 19.8. The van der Waals surface area contributed by atoms with Crippen LogP contribution in [0.25, 0.3) is 0 Å². The molecule has 3 rings (SSSR count). The zero-order chi connectivity index (χ0) is 20.3. The molecular formula is C22H25ClN2O3. The van der Waals surface area contributed by atoms with Crippen LogP contribution in [-0.4, -0.2) is 35.5 Å². The van der Waals surface area contributed by atoms with Gasteiger partial charge in [0.2, 0.25) is 5.91 Å². The summed E-state index contributed by atoms with van der Waals surface area (Å²) >= 11 is 6.17. The second kappa shape index (κ2) is 8.76. The maximum Gasteiger partial charge on any atom is 0.251 e. The monoisotopic (exact) mass is 400 g/mol. The van der Waals surface area contributed by atoms with E-state index in [9.17, 15) is 9.59 Å². The van der Waals surface area contributed by atoms with E-state index in [-0.39, 0.29) is 24.5 Å². The number of nitrogens with one attached hydrogen (secondary N) is 1. The van der Waals surface area contributed by atoms with E-state index in [1.54, 1.807) is 4.90 Å². The fourth-order valence-corrected chi connectivity index (χ4v) is 3.76. The molecular weight excluding hydrogens is 376 g/mol. The molecule has 0 unspecified atom stereocenters. The third kappa shape index (κ3) is 4.21. The van der Waals surface area contributed by atoms with E-state index in [0.29, 0.717) is 11.6 Å². The molecule has 2 aromatic carbocycles. The van der Waals surface area contributed by atoms with Crippen molar-refractivity contribution >= 4 is 23.4 Å². The first kappa shape index (κ1) is 20.4. The van der Waals surface area contributed by atoms with Gasteiger partial charge in [0.25, 0.3) is 5.91 Å². The summed E-state index contributed by atoms with van der Waals surface area (Å²) in [6, 6.07) is 14.6. The zero-order valence-electron chi connectivity index (χ0n) is 16.3. The Balaban J connectivity index is 1.84. The van der Waals surface area contributed by atoms with Gasteiger partial charge < -0.3 is 15.0 Å². The average Bonchev–Trinajstić information content (AvgIpc) is 2.69. The smallest absolute Gasteiger partial charge is 0.251 e. The Morgan fingerprint density at radius 2 is 1.93 bits per heavy atom. The molecule has 2 amide bonds. The first-order valence-corrected chi connectivity index (χ1v) is 9.77. The topological polar surface area (TPSA) is 58.6 Å². The van der Waals surface area contributed by atoms with Crippen LogP contribution in [0, 0.1) is 6.92 Å². The maximum absolute atomic E-state index is 13.0. The summed E-state index contributed by atoms with van der Waals surface area (Å²) < 4.78 is 5.71. The molecule has 5 nitrogen and oxygen atoms in total. The second-order valence-corrected chi connectivity index (χ2v) is 7.63. The largest absolute Gasteiger partial charge is 0.356 e. The van der Waals surface area contributed by atoms with E-state index in [4.69, 9.17) is 16.3 Å². The van der Waals surface area contributed by atoms with Crippen LogP contribution in [0.15, 0.2) is 48.5 Å². The molecule has 0 radical (unpaired) electrons. The molecule has 1 heterocycles. The highest BCUT2D eigenvalue weighted by Gasteiger charge is 2.42. The standard InChI is InChI=1S/C22H25ClN2O3/c1-14(2)25-19(26)13-28-21(20(25)16-8-5-4-6-9-16)22(27)24-12-17-10-7-11-18(23)15(17)3/h4-11,14,20-21H,12-13H2,1-3H3,(H,24,27)/t20-,21+/m1/s1. The van der Waals surface area contributed by atoms with Crippen LogP contribution < -0.4 is 5.32 Å². The Morgan fingerprint density at radius 1 is 1.21 bits per heavy atom. The van der Waals surface area contributed by atoms with E-state index >= 15 is 0 Å². The molecule has 0 aliphatic carbocycles. The van der Waals surface area contributed by atoms with Gasteiger partial charge in [-0.25, -0.2) is 0 Å². The van der Waals surface area contributed by atoms with Gasteiger partial charge in [-0.3, -0.25) is 9.59 Å². The maximum atomic E-state index is 13.0. The Bertz CT molecular complexity index is 854. The minimum atomic E-state index is -0.776. The average molecular weight is 401 g/mol. The van der Waals surface area contributed by atoms with Crippen LogP contribution in [0.4, 0.5) is 0 Å². The molecule has 0 spiro atoms. The lowest BCUT2D eigenvalue weighted by Crippen LogP contribution is -2.56. The minimum Gasteiger partial charge on any atom is -0.356 e. The Morgan fingerprint density at radius 3 is 2.61 bits per heavy atom. The van der Waals surface area contributed by atoms with Crippen molar-refractivity contribution in [2.45, 2.75) is 45.5 Å². The SMILES string of the molecule is Cc1c(Cl)cccc1CNC(=O)[C@H]1OCC(=O)N(C(C)C)[C@@H]1c1ccccc1. The molecule has 28 heavy (non-hydrogen) atoms. The number of rotatable bonds is 5. The number of carbonyl (C=O) groups is 2. The molecule has 148 valence electrons. The van der Waals surface area contributed by atoms with Gasteiger partial charge >= 0.3 is 0 Å². The predicted molar refractivity (Wildman–Crippen MR) is 109 cm³/mol. The number of ether oxygens (including phenoxy) is 1. The van der Waals surface area contributed by atoms with Gasteiger partial charge in [-0.05, 0) is 43.5 Å².